The van der Waals surface area contributed by atoms with Crippen LogP contribution in [0.2, 0.25) is 0 Å². The van der Waals surface area contributed by atoms with Gasteiger partial charge in [-0.3, -0.25) is 0 Å². The molecule has 1 fully saturated rings. The van der Waals surface area contributed by atoms with Crippen LogP contribution in [0.1, 0.15) is 25.7 Å². The van der Waals surface area contributed by atoms with Crippen molar-refractivity contribution >= 4 is 17.6 Å². The number of nitrogens with zero attached hydrogens (tertiary/aromatic N) is 2. The molecule has 1 N–H and O–H groups in total. The number of alkyl halides is 1. The molecule has 0 spiro atoms. The topological polar surface area (TPSA) is 51.0 Å². The van der Waals surface area contributed by atoms with Crippen LogP contribution in [0.15, 0.2) is 4.42 Å². The molecule has 1 aliphatic rings. The van der Waals surface area contributed by atoms with Gasteiger partial charge in [-0.05, 0) is 24.7 Å². The Kier molecular flexibility index (Phi) is 2.91. The summed E-state index contributed by atoms with van der Waals surface area (Å²) in [6, 6.07) is 0.486. The van der Waals surface area contributed by atoms with Gasteiger partial charge >= 0.3 is 6.01 Å². The van der Waals surface area contributed by atoms with Gasteiger partial charge in [0.2, 0.25) is 5.89 Å². The lowest BCUT2D eigenvalue weighted by molar-refractivity contribution is 0.224. The van der Waals surface area contributed by atoms with Crippen LogP contribution in [-0.2, 0) is 5.88 Å². The van der Waals surface area contributed by atoms with E-state index in [1.54, 1.807) is 0 Å². The van der Waals surface area contributed by atoms with Crippen molar-refractivity contribution in [2.45, 2.75) is 25.6 Å². The Balaban J connectivity index is 1.75. The third kappa shape index (κ3) is 2.18. The molecule has 0 unspecified atom stereocenters. The van der Waals surface area contributed by atoms with Gasteiger partial charge in [-0.2, -0.15) is 0 Å². The molecule has 1 aromatic rings. The van der Waals surface area contributed by atoms with Crippen LogP contribution in [0.25, 0.3) is 0 Å². The number of aromatic nitrogens is 2. The number of halogens is 1. The summed E-state index contributed by atoms with van der Waals surface area (Å²) < 4.78 is 5.21. The van der Waals surface area contributed by atoms with Crippen LogP contribution in [0, 0.1) is 11.8 Å². The summed E-state index contributed by atoms with van der Waals surface area (Å²) >= 11 is 5.54. The molecule has 0 aromatic carbocycles. The summed E-state index contributed by atoms with van der Waals surface area (Å²) in [4.78, 5) is 0. The minimum atomic E-state index is 0.273. The first-order chi connectivity index (χ1) is 6.78. The van der Waals surface area contributed by atoms with E-state index in [-0.39, 0.29) is 5.88 Å². The summed E-state index contributed by atoms with van der Waals surface area (Å²) in [5.74, 6) is 2.38. The van der Waals surface area contributed by atoms with Crippen molar-refractivity contribution < 1.29 is 4.42 Å². The predicted molar refractivity (Wildman–Crippen MR) is 54.2 cm³/mol. The van der Waals surface area contributed by atoms with Crippen LogP contribution in [0.3, 0.4) is 0 Å². The maximum atomic E-state index is 5.54. The van der Waals surface area contributed by atoms with Gasteiger partial charge in [0.1, 0.15) is 5.88 Å². The second-order valence-electron chi connectivity index (χ2n) is 3.96. The Labute approximate surface area is 88.0 Å². The molecular formula is C9H14ClN3O. The van der Waals surface area contributed by atoms with Crippen molar-refractivity contribution in [3.05, 3.63) is 5.89 Å². The van der Waals surface area contributed by atoms with Gasteiger partial charge in [0.25, 0.3) is 0 Å². The maximum absolute atomic E-state index is 5.54. The molecule has 0 radical (unpaired) electrons. The maximum Gasteiger partial charge on any atom is 0.315 e. The van der Waals surface area contributed by atoms with E-state index in [4.69, 9.17) is 16.0 Å². The van der Waals surface area contributed by atoms with Crippen molar-refractivity contribution in [3.8, 4) is 0 Å². The molecule has 1 saturated carbocycles. The summed E-state index contributed by atoms with van der Waals surface area (Å²) in [7, 11) is 0. The molecule has 0 bridgehead atoms. The molecule has 2 rings (SSSR count). The Morgan fingerprint density at radius 3 is 2.86 bits per heavy atom. The molecule has 5 heteroatoms. The molecule has 0 amide bonds. The first-order valence-electron chi connectivity index (χ1n) is 4.90. The van der Waals surface area contributed by atoms with Crippen molar-refractivity contribution in [2.24, 2.45) is 11.8 Å². The third-order valence-electron chi connectivity index (χ3n) is 2.59. The molecule has 4 nitrogen and oxygen atoms in total. The first-order valence-corrected chi connectivity index (χ1v) is 5.43. The van der Waals surface area contributed by atoms with E-state index in [0.717, 1.165) is 18.4 Å². The normalized spacial score (nSPS) is 25.9. The number of hydrogen-bond donors (Lipinski definition) is 1. The number of anilines is 1. The average molecular weight is 216 g/mol. The number of rotatable bonds is 4. The molecule has 0 atom stereocenters. The average Bonchev–Trinajstić information content (AvgIpc) is 2.58. The summed E-state index contributed by atoms with van der Waals surface area (Å²) in [5, 5.41) is 10.7. The summed E-state index contributed by atoms with van der Waals surface area (Å²) in [5.41, 5.74) is 0. The SMILES string of the molecule is CC1CC(CNc2nnc(CCl)o2)C1. The smallest absolute Gasteiger partial charge is 0.315 e. The first kappa shape index (κ1) is 9.77. The zero-order valence-corrected chi connectivity index (χ0v) is 8.92. The standard InChI is InChI=1S/C9H14ClN3O/c1-6-2-7(3-6)5-11-9-13-12-8(4-10)14-9/h6-7H,2-5H2,1H3,(H,11,13). The third-order valence-corrected chi connectivity index (χ3v) is 2.82. The minimum absolute atomic E-state index is 0.273. The van der Waals surface area contributed by atoms with Crippen molar-refractivity contribution in [1.29, 1.82) is 0 Å². The lowest BCUT2D eigenvalue weighted by Gasteiger charge is -2.32. The van der Waals surface area contributed by atoms with Crippen LogP contribution in [-0.4, -0.2) is 16.7 Å². The van der Waals surface area contributed by atoms with E-state index >= 15 is 0 Å². The summed E-state index contributed by atoms with van der Waals surface area (Å²) in [6.45, 7) is 3.20. The van der Waals surface area contributed by atoms with E-state index in [2.05, 4.69) is 22.4 Å². The quantitative estimate of drug-likeness (QED) is 0.783. The molecular weight excluding hydrogens is 202 g/mol. The summed E-state index contributed by atoms with van der Waals surface area (Å²) in [6.07, 6.45) is 2.59. The molecule has 78 valence electrons. The molecule has 14 heavy (non-hydrogen) atoms. The van der Waals surface area contributed by atoms with Gasteiger partial charge in [-0.25, -0.2) is 0 Å². The predicted octanol–water partition coefficient (Wildman–Crippen LogP) is 2.27. The van der Waals surface area contributed by atoms with E-state index in [0.29, 0.717) is 11.9 Å². The van der Waals surface area contributed by atoms with Gasteiger partial charge < -0.3 is 9.73 Å². The van der Waals surface area contributed by atoms with Crippen LogP contribution >= 0.6 is 11.6 Å². The highest BCUT2D eigenvalue weighted by Gasteiger charge is 2.25. The van der Waals surface area contributed by atoms with Crippen LogP contribution < -0.4 is 5.32 Å². The zero-order valence-electron chi connectivity index (χ0n) is 8.16. The van der Waals surface area contributed by atoms with E-state index in [1.807, 2.05) is 0 Å². The fraction of sp³-hybridized carbons (Fsp3) is 0.778. The Bertz CT molecular complexity index is 296. The number of nitrogens with one attached hydrogen (secondary N) is 1. The van der Waals surface area contributed by atoms with Crippen LogP contribution in [0.5, 0.6) is 0 Å². The second kappa shape index (κ2) is 4.17. The van der Waals surface area contributed by atoms with Gasteiger partial charge in [-0.1, -0.05) is 12.0 Å². The molecule has 1 heterocycles. The molecule has 0 aliphatic heterocycles. The fourth-order valence-electron chi connectivity index (χ4n) is 1.85. The molecule has 1 aliphatic carbocycles. The highest BCUT2D eigenvalue weighted by atomic mass is 35.5. The zero-order chi connectivity index (χ0) is 9.97. The van der Waals surface area contributed by atoms with Crippen molar-refractivity contribution in [1.82, 2.24) is 10.2 Å². The van der Waals surface area contributed by atoms with Gasteiger partial charge in [0, 0.05) is 6.54 Å². The highest BCUT2D eigenvalue weighted by molar-refractivity contribution is 6.16. The number of hydrogen-bond acceptors (Lipinski definition) is 4. The van der Waals surface area contributed by atoms with Gasteiger partial charge in [0.05, 0.1) is 0 Å². The Morgan fingerprint density at radius 1 is 1.50 bits per heavy atom. The Morgan fingerprint density at radius 2 is 2.29 bits per heavy atom. The fourth-order valence-corrected chi connectivity index (χ4v) is 1.95. The van der Waals surface area contributed by atoms with Crippen LogP contribution in [0.4, 0.5) is 6.01 Å². The minimum Gasteiger partial charge on any atom is -0.407 e. The van der Waals surface area contributed by atoms with Gasteiger partial charge in [-0.15, -0.1) is 16.7 Å². The highest BCUT2D eigenvalue weighted by Crippen LogP contribution is 2.32. The lowest BCUT2D eigenvalue weighted by Crippen LogP contribution is -2.27. The lowest BCUT2D eigenvalue weighted by atomic mass is 9.76. The van der Waals surface area contributed by atoms with Gasteiger partial charge in [0.15, 0.2) is 0 Å². The monoisotopic (exact) mass is 215 g/mol. The van der Waals surface area contributed by atoms with E-state index in [9.17, 15) is 0 Å². The second-order valence-corrected chi connectivity index (χ2v) is 4.23. The Hall–Kier alpha value is -0.770. The van der Waals surface area contributed by atoms with E-state index < -0.39 is 0 Å². The van der Waals surface area contributed by atoms with Crippen molar-refractivity contribution in [2.75, 3.05) is 11.9 Å². The molecule has 1 aromatic heterocycles. The largest absolute Gasteiger partial charge is 0.407 e. The van der Waals surface area contributed by atoms with Crippen molar-refractivity contribution in [3.63, 3.8) is 0 Å². The molecule has 0 saturated heterocycles. The van der Waals surface area contributed by atoms with E-state index in [1.165, 1.54) is 12.8 Å².